The Balaban J connectivity index is 2.34. The number of aromatic nitrogens is 1. The summed E-state index contributed by atoms with van der Waals surface area (Å²) in [6.45, 7) is 9.53. The summed E-state index contributed by atoms with van der Waals surface area (Å²) in [6, 6.07) is 4.71. The Labute approximate surface area is 98.9 Å². The summed E-state index contributed by atoms with van der Waals surface area (Å²) < 4.78 is 0. The minimum atomic E-state index is 0.512. The maximum absolute atomic E-state index is 4.19. The van der Waals surface area contributed by atoms with Crippen molar-refractivity contribution in [2.75, 3.05) is 20.1 Å². The van der Waals surface area contributed by atoms with Crippen molar-refractivity contribution in [2.45, 2.75) is 33.4 Å². The van der Waals surface area contributed by atoms with Gasteiger partial charge in [-0.2, -0.15) is 0 Å². The maximum Gasteiger partial charge on any atom is 0.0375 e. The number of likely N-dealkylation sites (N-methyl/N-ethyl adjacent to an activating group) is 1. The van der Waals surface area contributed by atoms with E-state index in [1.165, 1.54) is 5.56 Å². The Morgan fingerprint density at radius 1 is 1.50 bits per heavy atom. The molecule has 16 heavy (non-hydrogen) atoms. The third kappa shape index (κ3) is 4.73. The van der Waals surface area contributed by atoms with Crippen molar-refractivity contribution in [3.8, 4) is 0 Å². The van der Waals surface area contributed by atoms with Crippen LogP contribution in [0.5, 0.6) is 0 Å². The van der Waals surface area contributed by atoms with E-state index in [2.05, 4.69) is 48.2 Å². The number of nitrogens with zero attached hydrogens (tertiary/aromatic N) is 2. The van der Waals surface area contributed by atoms with Crippen molar-refractivity contribution in [1.82, 2.24) is 15.2 Å². The van der Waals surface area contributed by atoms with Crippen molar-refractivity contribution in [2.24, 2.45) is 0 Å². The predicted molar refractivity (Wildman–Crippen MR) is 68.4 cm³/mol. The van der Waals surface area contributed by atoms with E-state index < -0.39 is 0 Å². The molecule has 1 aromatic rings. The molecule has 3 heteroatoms. The summed E-state index contributed by atoms with van der Waals surface area (Å²) in [5.41, 5.74) is 2.39. The zero-order valence-electron chi connectivity index (χ0n) is 10.8. The lowest BCUT2D eigenvalue weighted by Gasteiger charge is -2.20. The van der Waals surface area contributed by atoms with Gasteiger partial charge in [0.05, 0.1) is 0 Å². The highest BCUT2D eigenvalue weighted by Gasteiger charge is 2.04. The molecule has 1 rings (SSSR count). The summed E-state index contributed by atoms with van der Waals surface area (Å²) in [7, 11) is 2.15. The van der Waals surface area contributed by atoms with Crippen molar-refractivity contribution in [1.29, 1.82) is 0 Å². The van der Waals surface area contributed by atoms with Gasteiger partial charge in [-0.05, 0) is 45.1 Å². The average molecular weight is 221 g/mol. The van der Waals surface area contributed by atoms with Crippen molar-refractivity contribution >= 4 is 0 Å². The van der Waals surface area contributed by atoms with Crippen LogP contribution in [-0.2, 0) is 6.54 Å². The van der Waals surface area contributed by atoms with Crippen molar-refractivity contribution in [3.05, 3.63) is 29.6 Å². The molecular weight excluding hydrogens is 198 g/mol. The Morgan fingerprint density at radius 3 is 2.88 bits per heavy atom. The second kappa shape index (κ2) is 6.61. The summed E-state index contributed by atoms with van der Waals surface area (Å²) in [5.74, 6) is 0. The van der Waals surface area contributed by atoms with Gasteiger partial charge in [0, 0.05) is 31.0 Å². The van der Waals surface area contributed by atoms with Crippen LogP contribution in [0.15, 0.2) is 18.3 Å². The van der Waals surface area contributed by atoms with E-state index >= 15 is 0 Å². The molecule has 0 saturated heterocycles. The van der Waals surface area contributed by atoms with E-state index in [9.17, 15) is 0 Å². The number of rotatable bonds is 6. The van der Waals surface area contributed by atoms with E-state index in [0.717, 1.165) is 25.3 Å². The molecule has 0 aliphatic carbocycles. The second-order valence-electron chi connectivity index (χ2n) is 4.44. The molecular formula is C13H23N3. The molecule has 1 aromatic heterocycles. The highest BCUT2D eigenvalue weighted by molar-refractivity contribution is 5.15. The van der Waals surface area contributed by atoms with Crippen LogP contribution >= 0.6 is 0 Å². The summed E-state index contributed by atoms with van der Waals surface area (Å²) in [5, 5.41) is 3.52. The lowest BCUT2D eigenvalue weighted by molar-refractivity contribution is 0.309. The Morgan fingerprint density at radius 2 is 2.25 bits per heavy atom. The fourth-order valence-electron chi connectivity index (χ4n) is 1.67. The molecule has 1 atom stereocenters. The molecule has 3 nitrogen and oxygen atoms in total. The molecule has 0 bridgehead atoms. The molecule has 0 amide bonds. The molecule has 1 heterocycles. The van der Waals surface area contributed by atoms with Gasteiger partial charge >= 0.3 is 0 Å². The number of hydrogen-bond donors (Lipinski definition) is 1. The largest absolute Gasteiger partial charge is 0.309 e. The van der Waals surface area contributed by atoms with E-state index in [1.807, 2.05) is 13.1 Å². The third-order valence-corrected chi connectivity index (χ3v) is 2.74. The summed E-state index contributed by atoms with van der Waals surface area (Å²) in [6.07, 6.45) is 1.87. The molecule has 0 aliphatic rings. The molecule has 0 saturated carbocycles. The minimum Gasteiger partial charge on any atom is -0.309 e. The Hall–Kier alpha value is -0.930. The first-order chi connectivity index (χ1) is 7.61. The smallest absolute Gasteiger partial charge is 0.0375 e. The van der Waals surface area contributed by atoms with E-state index in [-0.39, 0.29) is 0 Å². The number of nitrogens with one attached hydrogen (secondary N) is 1. The molecule has 0 fully saturated rings. The summed E-state index contributed by atoms with van der Waals surface area (Å²) in [4.78, 5) is 6.51. The van der Waals surface area contributed by atoms with Gasteiger partial charge in [0.25, 0.3) is 0 Å². The fourth-order valence-corrected chi connectivity index (χ4v) is 1.67. The van der Waals surface area contributed by atoms with Gasteiger partial charge in [0.2, 0.25) is 0 Å². The molecule has 0 aromatic carbocycles. The summed E-state index contributed by atoms with van der Waals surface area (Å²) >= 11 is 0. The van der Waals surface area contributed by atoms with Crippen LogP contribution in [0.4, 0.5) is 0 Å². The monoisotopic (exact) mass is 221 g/mol. The normalized spacial score (nSPS) is 13.1. The zero-order chi connectivity index (χ0) is 12.0. The maximum atomic E-state index is 4.19. The van der Waals surface area contributed by atoms with Gasteiger partial charge in [0.1, 0.15) is 0 Å². The van der Waals surface area contributed by atoms with Crippen LogP contribution in [0, 0.1) is 6.92 Å². The lowest BCUT2D eigenvalue weighted by atomic mass is 10.2. The van der Waals surface area contributed by atoms with Crippen LogP contribution in [0.3, 0.4) is 0 Å². The topological polar surface area (TPSA) is 28.2 Å². The highest BCUT2D eigenvalue weighted by atomic mass is 15.1. The third-order valence-electron chi connectivity index (χ3n) is 2.74. The number of pyridine rings is 1. The van der Waals surface area contributed by atoms with Crippen LogP contribution in [0.2, 0.25) is 0 Å². The van der Waals surface area contributed by atoms with Gasteiger partial charge in [-0.25, -0.2) is 0 Å². The van der Waals surface area contributed by atoms with Gasteiger partial charge < -0.3 is 10.2 Å². The van der Waals surface area contributed by atoms with Crippen molar-refractivity contribution < 1.29 is 0 Å². The Bertz CT molecular complexity index is 312. The van der Waals surface area contributed by atoms with Crippen molar-refractivity contribution in [3.63, 3.8) is 0 Å². The van der Waals surface area contributed by atoms with Crippen LogP contribution < -0.4 is 5.32 Å². The molecule has 1 unspecified atom stereocenters. The number of aryl methyl sites for hydroxylation is 1. The van der Waals surface area contributed by atoms with Gasteiger partial charge in [-0.15, -0.1) is 0 Å². The van der Waals surface area contributed by atoms with Crippen LogP contribution in [-0.4, -0.2) is 36.1 Å². The van der Waals surface area contributed by atoms with Gasteiger partial charge in [-0.1, -0.05) is 6.92 Å². The Kier molecular flexibility index (Phi) is 5.43. The van der Waals surface area contributed by atoms with E-state index in [1.54, 1.807) is 0 Å². The van der Waals surface area contributed by atoms with E-state index in [4.69, 9.17) is 0 Å². The van der Waals surface area contributed by atoms with Crippen LogP contribution in [0.1, 0.15) is 25.1 Å². The SMILES string of the molecule is CCN(C)CC(C)NCc1ccnc(C)c1. The minimum absolute atomic E-state index is 0.512. The molecule has 90 valence electrons. The second-order valence-corrected chi connectivity index (χ2v) is 4.44. The first-order valence-corrected chi connectivity index (χ1v) is 5.95. The number of hydrogen-bond acceptors (Lipinski definition) is 3. The fraction of sp³-hybridized carbons (Fsp3) is 0.615. The first kappa shape index (κ1) is 13.1. The highest BCUT2D eigenvalue weighted by Crippen LogP contribution is 2.00. The predicted octanol–water partition coefficient (Wildman–Crippen LogP) is 1.82. The molecule has 0 spiro atoms. The molecule has 0 radical (unpaired) electrons. The molecule has 1 N–H and O–H groups in total. The average Bonchev–Trinajstić information content (AvgIpc) is 2.26. The van der Waals surface area contributed by atoms with Gasteiger partial charge in [-0.3, -0.25) is 4.98 Å². The van der Waals surface area contributed by atoms with Gasteiger partial charge in [0.15, 0.2) is 0 Å². The molecule has 0 aliphatic heterocycles. The first-order valence-electron chi connectivity index (χ1n) is 5.95. The zero-order valence-corrected chi connectivity index (χ0v) is 10.8. The van der Waals surface area contributed by atoms with E-state index in [0.29, 0.717) is 6.04 Å². The standard InChI is InChI=1S/C13H23N3/c1-5-16(4)10-12(3)15-9-13-6-7-14-11(2)8-13/h6-8,12,15H,5,9-10H2,1-4H3. The quantitative estimate of drug-likeness (QED) is 0.794. The lowest BCUT2D eigenvalue weighted by Crippen LogP contribution is -2.36. The van der Waals surface area contributed by atoms with Crippen LogP contribution in [0.25, 0.3) is 0 Å².